The maximum Gasteiger partial charge on any atom is 0.407 e. The molecule has 2 aliphatic carbocycles. The SMILES string of the molecule is CCCC1(C(=O)NCCCCCNC(=O)OCC2c3ccccc3-c3ccccc32)CCCC1. The minimum atomic E-state index is -0.363. The largest absolute Gasteiger partial charge is 0.449 e. The quantitative estimate of drug-likeness (QED) is 0.392. The van der Waals surface area contributed by atoms with Gasteiger partial charge in [0.15, 0.2) is 0 Å². The Morgan fingerprint density at radius 2 is 1.47 bits per heavy atom. The Bertz CT molecular complexity index is 935. The molecule has 0 heterocycles. The number of carbonyl (C=O) groups excluding carboxylic acids is 2. The number of unbranched alkanes of at least 4 members (excludes halogenated alkanes) is 2. The first-order chi connectivity index (χ1) is 16.6. The molecule has 4 rings (SSSR count). The number of ether oxygens (including phenoxy) is 1. The Morgan fingerprint density at radius 1 is 0.882 bits per heavy atom. The van der Waals surface area contributed by atoms with Crippen LogP contribution < -0.4 is 10.6 Å². The van der Waals surface area contributed by atoms with Gasteiger partial charge in [-0.1, -0.05) is 74.7 Å². The van der Waals surface area contributed by atoms with E-state index in [-0.39, 0.29) is 23.3 Å². The Labute approximate surface area is 203 Å². The second-order valence-electron chi connectivity index (χ2n) is 9.81. The highest BCUT2D eigenvalue weighted by molar-refractivity contribution is 5.83. The molecule has 0 spiro atoms. The van der Waals surface area contributed by atoms with Gasteiger partial charge in [0, 0.05) is 24.4 Å². The molecular formula is C29H38N2O3. The highest BCUT2D eigenvalue weighted by atomic mass is 16.5. The Hall–Kier alpha value is -2.82. The number of fused-ring (bicyclic) bond motifs is 3. The lowest BCUT2D eigenvalue weighted by molar-refractivity contribution is -0.131. The summed E-state index contributed by atoms with van der Waals surface area (Å²) in [6, 6.07) is 16.7. The number of hydrogen-bond acceptors (Lipinski definition) is 3. The molecule has 5 nitrogen and oxygen atoms in total. The summed E-state index contributed by atoms with van der Waals surface area (Å²) in [6.07, 6.45) is 8.90. The monoisotopic (exact) mass is 462 g/mol. The smallest absolute Gasteiger partial charge is 0.407 e. The number of alkyl carbamates (subject to hydrolysis) is 1. The van der Waals surface area contributed by atoms with Gasteiger partial charge in [0.1, 0.15) is 6.61 Å². The molecule has 0 aliphatic heterocycles. The predicted molar refractivity (Wildman–Crippen MR) is 136 cm³/mol. The Kier molecular flexibility index (Phi) is 8.25. The molecule has 0 radical (unpaired) electrons. The van der Waals surface area contributed by atoms with E-state index in [9.17, 15) is 9.59 Å². The maximum atomic E-state index is 12.7. The van der Waals surface area contributed by atoms with E-state index < -0.39 is 0 Å². The van der Waals surface area contributed by atoms with E-state index in [0.29, 0.717) is 13.2 Å². The fourth-order valence-electron chi connectivity index (χ4n) is 5.78. The second-order valence-corrected chi connectivity index (χ2v) is 9.81. The summed E-state index contributed by atoms with van der Waals surface area (Å²) >= 11 is 0. The van der Waals surface area contributed by atoms with E-state index in [1.54, 1.807) is 0 Å². The average molecular weight is 463 g/mol. The molecule has 0 atom stereocenters. The van der Waals surface area contributed by atoms with E-state index in [1.165, 1.54) is 35.1 Å². The first-order valence-electron chi connectivity index (χ1n) is 13.0. The molecular weight excluding hydrogens is 424 g/mol. The van der Waals surface area contributed by atoms with Crippen LogP contribution in [0.2, 0.25) is 0 Å². The Morgan fingerprint density at radius 3 is 2.09 bits per heavy atom. The molecule has 2 aliphatic rings. The van der Waals surface area contributed by atoms with Crippen LogP contribution in [0.15, 0.2) is 48.5 Å². The van der Waals surface area contributed by atoms with E-state index in [0.717, 1.165) is 51.5 Å². The number of nitrogens with one attached hydrogen (secondary N) is 2. The predicted octanol–water partition coefficient (Wildman–Crippen LogP) is 6.17. The van der Waals surface area contributed by atoms with Crippen LogP contribution in [-0.4, -0.2) is 31.7 Å². The minimum Gasteiger partial charge on any atom is -0.449 e. The molecule has 0 aromatic heterocycles. The molecule has 5 heteroatoms. The van der Waals surface area contributed by atoms with Crippen LogP contribution in [0, 0.1) is 5.41 Å². The van der Waals surface area contributed by atoms with E-state index in [2.05, 4.69) is 54.0 Å². The lowest BCUT2D eigenvalue weighted by atomic mass is 9.80. The molecule has 1 fully saturated rings. The molecule has 2 aromatic carbocycles. The van der Waals surface area contributed by atoms with Gasteiger partial charge in [0.05, 0.1) is 0 Å². The van der Waals surface area contributed by atoms with Gasteiger partial charge < -0.3 is 15.4 Å². The fourth-order valence-corrected chi connectivity index (χ4v) is 5.78. The zero-order chi connectivity index (χ0) is 23.8. The third kappa shape index (κ3) is 5.45. The molecule has 0 unspecified atom stereocenters. The first kappa shape index (κ1) is 24.3. The van der Waals surface area contributed by atoms with Crippen molar-refractivity contribution >= 4 is 12.0 Å². The van der Waals surface area contributed by atoms with Gasteiger partial charge in [-0.2, -0.15) is 0 Å². The summed E-state index contributed by atoms with van der Waals surface area (Å²) < 4.78 is 5.58. The molecule has 0 saturated heterocycles. The summed E-state index contributed by atoms with van der Waals surface area (Å²) in [5.41, 5.74) is 4.79. The van der Waals surface area contributed by atoms with Gasteiger partial charge in [-0.25, -0.2) is 4.79 Å². The van der Waals surface area contributed by atoms with Crippen LogP contribution in [0.1, 0.15) is 81.8 Å². The van der Waals surface area contributed by atoms with Crippen molar-refractivity contribution in [2.75, 3.05) is 19.7 Å². The highest BCUT2D eigenvalue weighted by Gasteiger charge is 2.39. The van der Waals surface area contributed by atoms with Gasteiger partial charge in [0.25, 0.3) is 0 Å². The molecule has 0 bridgehead atoms. The lowest BCUT2D eigenvalue weighted by Gasteiger charge is -2.27. The zero-order valence-corrected chi connectivity index (χ0v) is 20.4. The first-order valence-corrected chi connectivity index (χ1v) is 13.0. The number of carbonyl (C=O) groups is 2. The minimum absolute atomic E-state index is 0.0811. The van der Waals surface area contributed by atoms with Crippen LogP contribution in [0.5, 0.6) is 0 Å². The van der Waals surface area contributed by atoms with Gasteiger partial charge in [-0.05, 0) is 60.8 Å². The summed E-state index contributed by atoms with van der Waals surface area (Å²) in [4.78, 5) is 24.9. The fraction of sp³-hybridized carbons (Fsp3) is 0.517. The second kappa shape index (κ2) is 11.5. The third-order valence-corrected chi connectivity index (χ3v) is 7.52. The summed E-state index contributed by atoms with van der Waals surface area (Å²) in [6.45, 7) is 3.81. The van der Waals surface area contributed by atoms with Crippen molar-refractivity contribution in [2.24, 2.45) is 5.41 Å². The molecule has 34 heavy (non-hydrogen) atoms. The van der Waals surface area contributed by atoms with Crippen molar-refractivity contribution in [2.45, 2.75) is 70.6 Å². The summed E-state index contributed by atoms with van der Waals surface area (Å²) in [5.74, 6) is 0.334. The van der Waals surface area contributed by atoms with E-state index in [4.69, 9.17) is 4.74 Å². The maximum absolute atomic E-state index is 12.7. The summed E-state index contributed by atoms with van der Waals surface area (Å²) in [5, 5.41) is 6.04. The topological polar surface area (TPSA) is 67.4 Å². The van der Waals surface area contributed by atoms with Crippen molar-refractivity contribution < 1.29 is 14.3 Å². The van der Waals surface area contributed by atoms with Crippen molar-refractivity contribution in [1.82, 2.24) is 10.6 Å². The molecule has 1 saturated carbocycles. The zero-order valence-electron chi connectivity index (χ0n) is 20.4. The van der Waals surface area contributed by atoms with Crippen molar-refractivity contribution in [3.8, 4) is 11.1 Å². The third-order valence-electron chi connectivity index (χ3n) is 7.52. The number of amides is 2. The number of benzene rings is 2. The number of rotatable bonds is 11. The lowest BCUT2D eigenvalue weighted by Crippen LogP contribution is -2.39. The van der Waals surface area contributed by atoms with Crippen molar-refractivity contribution in [1.29, 1.82) is 0 Å². The van der Waals surface area contributed by atoms with E-state index in [1.807, 2.05) is 12.1 Å². The Balaban J connectivity index is 1.12. The average Bonchev–Trinajstić information content (AvgIpc) is 3.46. The molecule has 2 amide bonds. The standard InChI is InChI=1S/C29H38N2O3/c1-2-16-29(17-8-9-18-29)27(32)30-19-10-3-11-20-31-28(33)34-21-26-24-14-6-4-12-22(24)23-13-5-7-15-25(23)26/h4-7,12-15,26H,2-3,8-11,16-21H2,1H3,(H,30,32)(H,31,33). The molecule has 182 valence electrons. The van der Waals surface area contributed by atoms with Crippen molar-refractivity contribution in [3.05, 3.63) is 59.7 Å². The van der Waals surface area contributed by atoms with Crippen molar-refractivity contribution in [3.63, 3.8) is 0 Å². The van der Waals surface area contributed by atoms with Crippen LogP contribution in [-0.2, 0) is 9.53 Å². The van der Waals surface area contributed by atoms with Gasteiger partial charge >= 0.3 is 6.09 Å². The van der Waals surface area contributed by atoms with Crippen LogP contribution in [0.25, 0.3) is 11.1 Å². The molecule has 2 aromatic rings. The normalized spacial score (nSPS) is 16.0. The number of hydrogen-bond donors (Lipinski definition) is 2. The van der Waals surface area contributed by atoms with Gasteiger partial charge in [0.2, 0.25) is 5.91 Å². The van der Waals surface area contributed by atoms with Crippen LogP contribution in [0.3, 0.4) is 0 Å². The van der Waals surface area contributed by atoms with Crippen LogP contribution >= 0.6 is 0 Å². The molecule has 2 N–H and O–H groups in total. The van der Waals surface area contributed by atoms with E-state index >= 15 is 0 Å². The van der Waals surface area contributed by atoms with Gasteiger partial charge in [-0.15, -0.1) is 0 Å². The highest BCUT2D eigenvalue weighted by Crippen LogP contribution is 2.44. The van der Waals surface area contributed by atoms with Crippen LogP contribution in [0.4, 0.5) is 4.79 Å². The summed E-state index contributed by atoms with van der Waals surface area (Å²) in [7, 11) is 0. The van der Waals surface area contributed by atoms with Gasteiger partial charge in [-0.3, -0.25) is 4.79 Å².